The fraction of sp³-hybridized carbons (Fsp3) is 0.812. The van der Waals surface area contributed by atoms with E-state index in [9.17, 15) is 49.8 Å². The number of ether oxygens (including phenoxy) is 6. The minimum absolute atomic E-state index is 0.0476. The van der Waals surface area contributed by atoms with Gasteiger partial charge in [0, 0.05) is 24.2 Å². The van der Waals surface area contributed by atoms with Crippen molar-refractivity contribution in [2.75, 3.05) is 20.3 Å². The Morgan fingerprint density at radius 3 is 2.33 bits per heavy atom. The zero-order valence-electron chi connectivity index (χ0n) is 27.3. The molecule has 0 radical (unpaired) electrons. The second kappa shape index (κ2) is 12.0. The summed E-state index contributed by atoms with van der Waals surface area (Å²) < 4.78 is 34.2. The van der Waals surface area contributed by atoms with E-state index in [1.807, 2.05) is 0 Å². The molecule has 2 bridgehead atoms. The van der Waals surface area contributed by atoms with Gasteiger partial charge in [0.05, 0.1) is 32.3 Å². The predicted molar refractivity (Wildman–Crippen MR) is 155 cm³/mol. The highest BCUT2D eigenvalue weighted by molar-refractivity contribution is 5.96. The molecule has 0 aromatic heterocycles. The first-order valence-corrected chi connectivity index (χ1v) is 16.2. The van der Waals surface area contributed by atoms with Crippen LogP contribution in [0.2, 0.25) is 0 Å². The smallest absolute Gasteiger partial charge is 0.348 e. The maximum atomic E-state index is 14.0. The molecule has 6 rings (SSSR count). The molecule has 48 heavy (non-hydrogen) atoms. The number of methoxy groups -OCH3 is 1. The van der Waals surface area contributed by atoms with E-state index >= 15 is 0 Å². The minimum Gasteiger partial charge on any atom is -0.467 e. The van der Waals surface area contributed by atoms with Crippen LogP contribution in [0.4, 0.5) is 0 Å². The van der Waals surface area contributed by atoms with Gasteiger partial charge in [0.2, 0.25) is 18.0 Å². The van der Waals surface area contributed by atoms with Crippen molar-refractivity contribution in [1.29, 1.82) is 0 Å². The van der Waals surface area contributed by atoms with Gasteiger partial charge in [0.15, 0.2) is 11.5 Å². The molecule has 0 amide bonds. The summed E-state index contributed by atoms with van der Waals surface area (Å²) in [5, 5.41) is 64.4. The number of rotatable bonds is 7. The topological polar surface area (TPSA) is 245 Å². The third-order valence-electron chi connectivity index (χ3n) is 11.7. The summed E-state index contributed by atoms with van der Waals surface area (Å²) in [7, 11) is 1.07. The normalized spacial score (nSPS) is 48.0. The van der Waals surface area contributed by atoms with Crippen molar-refractivity contribution in [3.05, 3.63) is 11.3 Å². The zero-order chi connectivity index (χ0) is 35.2. The Morgan fingerprint density at radius 2 is 1.71 bits per heavy atom. The number of carbonyl (C=O) groups excluding carboxylic acids is 4. The van der Waals surface area contributed by atoms with Crippen molar-refractivity contribution in [3.63, 3.8) is 0 Å². The van der Waals surface area contributed by atoms with Crippen LogP contribution < -0.4 is 0 Å². The van der Waals surface area contributed by atoms with Gasteiger partial charge in [-0.3, -0.25) is 9.59 Å². The monoisotopic (exact) mass is 684 g/mol. The number of Topliss-reactive ketones (excluding diaryl/α,β-unsaturated/α-hetero) is 1. The first kappa shape index (κ1) is 35.1. The molecule has 0 aromatic carbocycles. The number of carbonyl (C=O) groups is 4. The molecule has 16 heteroatoms. The lowest BCUT2D eigenvalue weighted by Gasteiger charge is -2.67. The Bertz CT molecular complexity index is 1390. The van der Waals surface area contributed by atoms with E-state index in [-0.39, 0.29) is 37.5 Å². The van der Waals surface area contributed by atoms with Crippen molar-refractivity contribution in [1.82, 2.24) is 0 Å². The van der Waals surface area contributed by atoms with E-state index in [2.05, 4.69) is 0 Å². The molecule has 268 valence electrons. The Balaban J connectivity index is 1.44. The molecule has 16 nitrogen and oxygen atoms in total. The van der Waals surface area contributed by atoms with E-state index in [4.69, 9.17) is 28.4 Å². The molecular weight excluding hydrogens is 640 g/mol. The van der Waals surface area contributed by atoms with Gasteiger partial charge in [-0.1, -0.05) is 20.8 Å². The molecule has 15 atom stereocenters. The van der Waals surface area contributed by atoms with Crippen LogP contribution in [-0.4, -0.2) is 135 Å². The molecule has 6 aliphatic rings. The summed E-state index contributed by atoms with van der Waals surface area (Å²) in [5.41, 5.74) is -4.55. The Labute approximate surface area is 275 Å². The molecule has 4 unspecified atom stereocenters. The van der Waals surface area contributed by atoms with E-state index in [0.717, 1.165) is 7.11 Å². The van der Waals surface area contributed by atoms with Gasteiger partial charge in [-0.25, -0.2) is 9.59 Å². The van der Waals surface area contributed by atoms with Gasteiger partial charge >= 0.3 is 17.9 Å². The third-order valence-corrected chi connectivity index (χ3v) is 11.7. The summed E-state index contributed by atoms with van der Waals surface area (Å²) in [6.07, 6.45) is -14.8. The Hall–Kier alpha value is -2.70. The molecule has 3 aliphatic heterocycles. The second-order valence-electron chi connectivity index (χ2n) is 14.7. The lowest BCUT2D eigenvalue weighted by molar-refractivity contribution is -0.296. The number of hydrogen-bond acceptors (Lipinski definition) is 16. The highest BCUT2D eigenvalue weighted by Crippen LogP contribution is 2.73. The molecule has 6 N–H and O–H groups in total. The summed E-state index contributed by atoms with van der Waals surface area (Å²) in [6, 6.07) is 0. The van der Waals surface area contributed by atoms with Crippen LogP contribution in [0.15, 0.2) is 11.3 Å². The summed E-state index contributed by atoms with van der Waals surface area (Å²) in [5.74, 6) is -6.74. The number of esters is 3. The number of ketones is 1. The molecule has 5 fully saturated rings. The molecule has 3 aliphatic carbocycles. The van der Waals surface area contributed by atoms with Crippen molar-refractivity contribution in [3.8, 4) is 0 Å². The van der Waals surface area contributed by atoms with E-state index in [1.165, 1.54) is 0 Å². The number of aliphatic hydroxyl groups is 6. The van der Waals surface area contributed by atoms with Gasteiger partial charge < -0.3 is 59.1 Å². The van der Waals surface area contributed by atoms with Crippen molar-refractivity contribution < 1.29 is 78.2 Å². The summed E-state index contributed by atoms with van der Waals surface area (Å²) >= 11 is 0. The number of aliphatic hydroxyl groups excluding tert-OH is 6. The minimum atomic E-state index is -2.30. The maximum absolute atomic E-state index is 14.0. The molecule has 3 heterocycles. The number of allylic oxidation sites excluding steroid dienone is 2. The van der Waals surface area contributed by atoms with Gasteiger partial charge in [0.25, 0.3) is 0 Å². The summed E-state index contributed by atoms with van der Waals surface area (Å²) in [6.45, 7) is 5.88. The van der Waals surface area contributed by atoms with Crippen molar-refractivity contribution >= 4 is 23.7 Å². The van der Waals surface area contributed by atoms with E-state index < -0.39 is 120 Å². The SMILES string of the molecule is COC(=O)[C@@]12OC[C@]34C(C(O)C1O)[C@@]1(C)CC(=O)C(O[C@@H]5O[C@H](CO)[C@@H](O)[C@H](O)[C@H]5O)=C(C)C1C[C@H]3OC(=O)[C@H](OC(=O)CC(C)C)[C@H]42. The molecule has 3 saturated heterocycles. The average molecular weight is 685 g/mol. The molecular formula is C32H44O16. The first-order valence-electron chi connectivity index (χ1n) is 16.2. The predicted octanol–water partition coefficient (Wildman–Crippen LogP) is -2.14. The Kier molecular flexibility index (Phi) is 8.76. The highest BCUT2D eigenvalue weighted by atomic mass is 16.7. The number of fused-ring (bicyclic) bond motifs is 2. The zero-order valence-corrected chi connectivity index (χ0v) is 27.3. The summed E-state index contributed by atoms with van der Waals surface area (Å²) in [4.78, 5) is 54.2. The number of hydrogen-bond donors (Lipinski definition) is 6. The van der Waals surface area contributed by atoms with E-state index in [1.54, 1.807) is 27.7 Å². The fourth-order valence-corrected chi connectivity index (χ4v) is 9.81. The van der Waals surface area contributed by atoms with Crippen LogP contribution in [0.3, 0.4) is 0 Å². The molecule has 2 saturated carbocycles. The van der Waals surface area contributed by atoms with Gasteiger partial charge in [-0.05, 0) is 36.2 Å². The molecule has 1 spiro atoms. The average Bonchev–Trinajstić information content (AvgIpc) is 3.33. The lowest BCUT2D eigenvalue weighted by atomic mass is 9.38. The van der Waals surface area contributed by atoms with Crippen molar-refractivity contribution in [2.45, 2.75) is 108 Å². The fourth-order valence-electron chi connectivity index (χ4n) is 9.81. The second-order valence-corrected chi connectivity index (χ2v) is 14.7. The van der Waals surface area contributed by atoms with Crippen LogP contribution in [0, 0.1) is 34.5 Å². The molecule has 0 aromatic rings. The highest BCUT2D eigenvalue weighted by Gasteiger charge is 2.85. The largest absolute Gasteiger partial charge is 0.467 e. The van der Waals surface area contributed by atoms with Crippen LogP contribution in [0.25, 0.3) is 0 Å². The third kappa shape index (κ3) is 4.63. The van der Waals surface area contributed by atoms with Crippen LogP contribution in [-0.2, 0) is 47.6 Å². The van der Waals surface area contributed by atoms with Gasteiger partial charge in [0.1, 0.15) is 36.6 Å². The van der Waals surface area contributed by atoms with E-state index in [0.29, 0.717) is 5.57 Å². The van der Waals surface area contributed by atoms with Crippen LogP contribution in [0.1, 0.15) is 47.0 Å². The van der Waals surface area contributed by atoms with Gasteiger partial charge in [-0.15, -0.1) is 0 Å². The van der Waals surface area contributed by atoms with Gasteiger partial charge in [-0.2, -0.15) is 0 Å². The quantitative estimate of drug-likeness (QED) is 0.124. The first-order chi connectivity index (χ1) is 22.5. The van der Waals surface area contributed by atoms with Crippen LogP contribution in [0.5, 0.6) is 0 Å². The Morgan fingerprint density at radius 1 is 1.02 bits per heavy atom. The van der Waals surface area contributed by atoms with Crippen molar-refractivity contribution in [2.24, 2.45) is 34.5 Å². The maximum Gasteiger partial charge on any atom is 0.348 e. The van der Waals surface area contributed by atoms with Crippen LogP contribution >= 0.6 is 0 Å². The standard InChI is InChI=1S/C32H44O16/c1-11(2)6-17(35)47-23-25-31-10-44-32(25,29(42)43-5)26(40)21(39)24(31)30(4)8-14(34)22(12(3)13(30)7-16(31)46-27(23)41)48-28-20(38)19(37)18(36)15(9-33)45-28/h11,13,15-16,18-21,23-26,28,33,36-40H,6-10H2,1-5H3/t13?,15-,16-,18-,19+,20-,21?,23-,24?,25-,26?,28+,30+,31-,32+/m1/s1. The lowest BCUT2D eigenvalue weighted by Crippen LogP contribution is -2.79.